The molecule has 1 N–H and O–H groups in total. The third-order valence-corrected chi connectivity index (χ3v) is 6.95. The van der Waals surface area contributed by atoms with Gasteiger partial charge in [-0.15, -0.1) is 0 Å². The highest BCUT2D eigenvalue weighted by atomic mass is 32.2. The molecule has 0 fully saturated rings. The van der Waals surface area contributed by atoms with Crippen LogP contribution in [-0.4, -0.2) is 9.67 Å². The van der Waals surface area contributed by atoms with E-state index < -0.39 is 11.2 Å². The number of rotatable bonds is 3. The largest absolute Gasteiger partial charge is 0.505 e. The van der Waals surface area contributed by atoms with E-state index in [1.807, 2.05) is 84.9 Å². The molecule has 3 aromatic carbocycles. The van der Waals surface area contributed by atoms with Gasteiger partial charge in [-0.1, -0.05) is 72.4 Å². The van der Waals surface area contributed by atoms with Crippen LogP contribution in [0.3, 0.4) is 0 Å². The first-order chi connectivity index (χ1) is 16.1. The Labute approximate surface area is 192 Å². The average molecular weight is 452 g/mol. The van der Waals surface area contributed by atoms with E-state index in [0.717, 1.165) is 33.3 Å². The minimum Gasteiger partial charge on any atom is -0.505 e. The van der Waals surface area contributed by atoms with Gasteiger partial charge in [-0.05, 0) is 29.8 Å². The molecule has 0 aliphatic heterocycles. The van der Waals surface area contributed by atoms with Crippen LogP contribution in [-0.2, 0) is 6.42 Å². The number of para-hydroxylation sites is 1. The minimum atomic E-state index is -0.663. The Hall–Kier alpha value is -4.03. The molecule has 0 saturated carbocycles. The lowest BCUT2D eigenvalue weighted by molar-refractivity contribution is 0.445. The predicted molar refractivity (Wildman–Crippen MR) is 129 cm³/mol. The van der Waals surface area contributed by atoms with Gasteiger partial charge in [0.05, 0.1) is 5.69 Å². The lowest BCUT2D eigenvalue weighted by atomic mass is 10.1. The molecule has 0 unspecified atom stereocenters. The van der Waals surface area contributed by atoms with Gasteiger partial charge in [0.2, 0.25) is 0 Å². The first-order valence-electron chi connectivity index (χ1n) is 10.5. The van der Waals surface area contributed by atoms with Crippen LogP contribution < -0.4 is 11.2 Å². The quantitative estimate of drug-likeness (QED) is 0.392. The van der Waals surface area contributed by atoms with Crippen LogP contribution >= 0.6 is 11.8 Å². The van der Waals surface area contributed by atoms with Crippen LogP contribution in [0.2, 0.25) is 0 Å². The molecule has 0 radical (unpaired) electrons. The van der Waals surface area contributed by atoms with Gasteiger partial charge in [-0.25, -0.2) is 4.79 Å². The topological polar surface area (TPSA) is 72.4 Å². The van der Waals surface area contributed by atoms with Crippen LogP contribution in [0.5, 0.6) is 5.75 Å². The maximum Gasteiger partial charge on any atom is 0.354 e. The lowest BCUT2D eigenvalue weighted by Gasteiger charge is -2.16. The van der Waals surface area contributed by atoms with E-state index in [2.05, 4.69) is 0 Å². The number of pyridine rings is 1. The molecule has 0 bridgehead atoms. The molecule has 6 rings (SSSR count). The zero-order valence-corrected chi connectivity index (χ0v) is 18.1. The monoisotopic (exact) mass is 451 g/mol. The van der Waals surface area contributed by atoms with Crippen LogP contribution in [0.1, 0.15) is 11.1 Å². The average Bonchev–Trinajstić information content (AvgIpc) is 3.22. The van der Waals surface area contributed by atoms with Gasteiger partial charge in [-0.3, -0.25) is 9.36 Å². The second-order valence-electron chi connectivity index (χ2n) is 7.82. The minimum absolute atomic E-state index is 0.000808. The van der Waals surface area contributed by atoms with E-state index in [-0.39, 0.29) is 21.6 Å². The molecule has 33 heavy (non-hydrogen) atoms. The number of nitrogens with zero attached hydrogens (tertiary/aromatic N) is 1. The van der Waals surface area contributed by atoms with E-state index in [9.17, 15) is 14.7 Å². The second-order valence-corrected chi connectivity index (χ2v) is 8.91. The fraction of sp³-hybridized carbons (Fsp3) is 0.0370. The normalized spacial score (nSPS) is 12.0. The van der Waals surface area contributed by atoms with Crippen LogP contribution in [0.15, 0.2) is 109 Å². The van der Waals surface area contributed by atoms with Crippen molar-refractivity contribution in [2.75, 3.05) is 0 Å². The summed E-state index contributed by atoms with van der Waals surface area (Å²) in [5, 5.41) is 11.2. The molecule has 5 nitrogen and oxygen atoms in total. The van der Waals surface area contributed by atoms with Gasteiger partial charge in [0.15, 0.2) is 11.3 Å². The summed E-state index contributed by atoms with van der Waals surface area (Å²) in [4.78, 5) is 27.6. The van der Waals surface area contributed by atoms with Gasteiger partial charge in [-0.2, -0.15) is 0 Å². The van der Waals surface area contributed by atoms with E-state index in [1.165, 1.54) is 0 Å². The summed E-state index contributed by atoms with van der Waals surface area (Å²) < 4.78 is 7.35. The molecular formula is C27H17NO4S. The molecule has 0 saturated heterocycles. The number of hydrogen-bond donors (Lipinski definition) is 1. The Bertz CT molecular complexity index is 1650. The summed E-state index contributed by atoms with van der Waals surface area (Å²) >= 11 is 1.08. The molecule has 160 valence electrons. The van der Waals surface area contributed by atoms with Gasteiger partial charge in [0, 0.05) is 28.1 Å². The van der Waals surface area contributed by atoms with Crippen molar-refractivity contribution in [2.45, 2.75) is 16.2 Å². The Morgan fingerprint density at radius 2 is 1.52 bits per heavy atom. The van der Waals surface area contributed by atoms with Crippen molar-refractivity contribution in [2.24, 2.45) is 0 Å². The van der Waals surface area contributed by atoms with Crippen molar-refractivity contribution in [3.63, 3.8) is 0 Å². The van der Waals surface area contributed by atoms with Gasteiger partial charge in [0.1, 0.15) is 10.3 Å². The third kappa shape index (κ3) is 3.02. The molecule has 1 aliphatic carbocycles. The zero-order chi connectivity index (χ0) is 22.5. The summed E-state index contributed by atoms with van der Waals surface area (Å²) in [6.07, 6.45) is 0.503. The van der Waals surface area contributed by atoms with Crippen molar-refractivity contribution in [3.05, 3.63) is 117 Å². The molecular weight excluding hydrogens is 434 g/mol. The molecule has 0 spiro atoms. The van der Waals surface area contributed by atoms with E-state index in [4.69, 9.17) is 4.42 Å². The van der Waals surface area contributed by atoms with E-state index in [1.54, 1.807) is 4.57 Å². The van der Waals surface area contributed by atoms with Crippen molar-refractivity contribution >= 4 is 22.7 Å². The Kier molecular flexibility index (Phi) is 4.48. The number of hydrogen-bond acceptors (Lipinski definition) is 5. The van der Waals surface area contributed by atoms with Crippen LogP contribution in [0, 0.1) is 0 Å². The van der Waals surface area contributed by atoms with E-state index >= 15 is 0 Å². The number of benzene rings is 3. The number of aromatic nitrogens is 1. The highest BCUT2D eigenvalue weighted by molar-refractivity contribution is 7.99. The first kappa shape index (κ1) is 19.6. The van der Waals surface area contributed by atoms with Crippen LogP contribution in [0.25, 0.3) is 27.9 Å². The molecule has 6 heteroatoms. The van der Waals surface area contributed by atoms with Crippen molar-refractivity contribution in [1.82, 2.24) is 4.57 Å². The molecule has 0 amide bonds. The van der Waals surface area contributed by atoms with Crippen molar-refractivity contribution in [3.8, 4) is 22.7 Å². The highest BCUT2D eigenvalue weighted by Gasteiger charge is 2.30. The smallest absolute Gasteiger partial charge is 0.354 e. The molecule has 1 aliphatic rings. The van der Waals surface area contributed by atoms with E-state index in [0.29, 0.717) is 17.8 Å². The molecule has 0 atom stereocenters. The number of fused-ring (bicyclic) bond motifs is 5. The Balaban J connectivity index is 1.72. The van der Waals surface area contributed by atoms with Gasteiger partial charge in [0.25, 0.3) is 5.56 Å². The highest BCUT2D eigenvalue weighted by Crippen LogP contribution is 2.43. The molecule has 2 heterocycles. The Morgan fingerprint density at radius 3 is 2.27 bits per heavy atom. The van der Waals surface area contributed by atoms with Crippen LogP contribution in [0.4, 0.5) is 0 Å². The van der Waals surface area contributed by atoms with Gasteiger partial charge >= 0.3 is 5.63 Å². The number of aromatic hydroxyl groups is 1. The zero-order valence-electron chi connectivity index (χ0n) is 17.3. The maximum absolute atomic E-state index is 13.9. The summed E-state index contributed by atoms with van der Waals surface area (Å²) in [5.74, 6) is -0.344. The fourth-order valence-electron chi connectivity index (χ4n) is 4.44. The summed E-state index contributed by atoms with van der Waals surface area (Å²) in [6.45, 7) is 0. The fourth-order valence-corrected chi connectivity index (χ4v) is 5.29. The lowest BCUT2D eigenvalue weighted by Crippen LogP contribution is -2.22. The maximum atomic E-state index is 13.9. The summed E-state index contributed by atoms with van der Waals surface area (Å²) in [7, 11) is 0. The molecule has 2 aromatic heterocycles. The predicted octanol–water partition coefficient (Wildman–Crippen LogP) is 5.37. The SMILES string of the molecule is O=c1oc2c3c(n(-c4ccccc4)c(=O)c2c(O)c1Sc1ccccc1)-c1ccccc1C3. The first-order valence-corrected chi connectivity index (χ1v) is 11.3. The standard InChI is InChI=1S/C27H17NO4S/c29-23-21-24(32-27(31)25(23)33-18-12-5-2-6-13-18)20-15-16-9-7-8-14-19(16)22(20)28(26(21)30)17-10-3-1-4-11-17/h1-14,29H,15H2. The van der Waals surface area contributed by atoms with Crippen molar-refractivity contribution in [1.29, 1.82) is 0 Å². The second kappa shape index (κ2) is 7.53. The van der Waals surface area contributed by atoms with Gasteiger partial charge < -0.3 is 9.52 Å². The molecule has 5 aromatic rings. The summed E-state index contributed by atoms with van der Waals surface area (Å²) in [6, 6.07) is 26.3. The third-order valence-electron chi connectivity index (χ3n) is 5.88. The Morgan fingerprint density at radius 1 is 0.848 bits per heavy atom. The summed E-state index contributed by atoms with van der Waals surface area (Å²) in [5.41, 5.74) is 3.11. The van der Waals surface area contributed by atoms with Crippen molar-refractivity contribution < 1.29 is 9.52 Å².